The fraction of sp³-hybridized carbons (Fsp3) is 0.200. The number of aromatic amines is 1. The second kappa shape index (κ2) is 4.93. The Balaban J connectivity index is 1.61. The van der Waals surface area contributed by atoms with Crippen molar-refractivity contribution in [3.63, 3.8) is 0 Å². The first-order chi connectivity index (χ1) is 10.3. The number of allylic oxidation sites excluding steroid dienone is 1. The maximum atomic E-state index is 6.07. The van der Waals surface area contributed by atoms with E-state index in [2.05, 4.69) is 20.5 Å². The van der Waals surface area contributed by atoms with E-state index < -0.39 is 0 Å². The van der Waals surface area contributed by atoms with Gasteiger partial charge in [0.2, 0.25) is 0 Å². The Morgan fingerprint density at radius 3 is 3.10 bits per heavy atom. The van der Waals surface area contributed by atoms with Crippen LogP contribution in [0.15, 0.2) is 42.6 Å². The molecule has 4 rings (SSSR count). The molecule has 0 aromatic carbocycles. The van der Waals surface area contributed by atoms with Crippen LogP contribution in [0.25, 0.3) is 11.2 Å². The van der Waals surface area contributed by atoms with Gasteiger partial charge >= 0.3 is 0 Å². The Morgan fingerprint density at radius 2 is 2.33 bits per heavy atom. The zero-order chi connectivity index (χ0) is 14.2. The highest BCUT2D eigenvalue weighted by Gasteiger charge is 2.20. The second-order valence-corrected chi connectivity index (χ2v) is 5.58. The van der Waals surface area contributed by atoms with Crippen LogP contribution in [0, 0.1) is 0 Å². The minimum Gasteiger partial charge on any atom is -0.379 e. The number of hydrogen-bond donors (Lipinski definition) is 2. The van der Waals surface area contributed by atoms with Gasteiger partial charge in [0.15, 0.2) is 0 Å². The van der Waals surface area contributed by atoms with E-state index in [4.69, 9.17) is 11.6 Å². The molecule has 0 radical (unpaired) electrons. The Labute approximate surface area is 126 Å². The molecule has 1 aliphatic carbocycles. The van der Waals surface area contributed by atoms with Crippen LogP contribution in [-0.4, -0.2) is 19.6 Å². The van der Waals surface area contributed by atoms with E-state index in [0.717, 1.165) is 34.6 Å². The van der Waals surface area contributed by atoms with E-state index in [0.29, 0.717) is 6.54 Å². The molecular weight excluding hydrogens is 286 g/mol. The normalized spacial score (nSPS) is 13.7. The lowest BCUT2D eigenvalue weighted by Crippen LogP contribution is -2.12. The van der Waals surface area contributed by atoms with Crippen molar-refractivity contribution in [2.24, 2.45) is 0 Å². The zero-order valence-electron chi connectivity index (χ0n) is 11.3. The van der Waals surface area contributed by atoms with Crippen LogP contribution in [0.2, 0.25) is 5.02 Å². The van der Waals surface area contributed by atoms with Gasteiger partial charge in [-0.2, -0.15) is 5.10 Å². The summed E-state index contributed by atoms with van der Waals surface area (Å²) in [5, 5.41) is 11.1. The summed E-state index contributed by atoms with van der Waals surface area (Å²) >= 11 is 6.07. The van der Waals surface area contributed by atoms with E-state index >= 15 is 0 Å². The largest absolute Gasteiger partial charge is 0.379 e. The molecule has 21 heavy (non-hydrogen) atoms. The van der Waals surface area contributed by atoms with Crippen molar-refractivity contribution in [2.45, 2.75) is 19.4 Å². The van der Waals surface area contributed by atoms with Crippen molar-refractivity contribution in [1.29, 1.82) is 0 Å². The second-order valence-electron chi connectivity index (χ2n) is 5.15. The maximum absolute atomic E-state index is 6.07. The van der Waals surface area contributed by atoms with Crippen molar-refractivity contribution in [2.75, 3.05) is 0 Å². The quantitative estimate of drug-likeness (QED) is 0.778. The number of nitrogens with zero attached hydrogens (tertiary/aromatic N) is 3. The van der Waals surface area contributed by atoms with Gasteiger partial charge in [-0.3, -0.25) is 5.10 Å². The molecule has 0 atom stereocenters. The Morgan fingerprint density at radius 1 is 1.43 bits per heavy atom. The molecule has 1 fully saturated rings. The number of imidazole rings is 1. The SMILES string of the molecule is Clc1ccn2cnc(CNC(=C3CC3)c3cn[nH]c3)c2c1. The average molecular weight is 300 g/mol. The summed E-state index contributed by atoms with van der Waals surface area (Å²) in [6.45, 7) is 0.668. The number of hydrogen-bond acceptors (Lipinski definition) is 3. The predicted molar refractivity (Wildman–Crippen MR) is 81.8 cm³/mol. The third kappa shape index (κ3) is 2.40. The lowest BCUT2D eigenvalue weighted by Gasteiger charge is -2.08. The fourth-order valence-corrected chi connectivity index (χ4v) is 2.62. The molecule has 0 unspecified atom stereocenters. The molecule has 1 aliphatic rings. The van der Waals surface area contributed by atoms with Gasteiger partial charge in [0.1, 0.15) is 0 Å². The van der Waals surface area contributed by atoms with Gasteiger partial charge in [-0.25, -0.2) is 4.98 Å². The zero-order valence-corrected chi connectivity index (χ0v) is 12.1. The maximum Gasteiger partial charge on any atom is 0.0996 e. The van der Waals surface area contributed by atoms with Gasteiger partial charge in [-0.1, -0.05) is 11.6 Å². The van der Waals surface area contributed by atoms with Gasteiger partial charge in [0.05, 0.1) is 30.3 Å². The molecule has 3 aromatic heterocycles. The molecule has 1 saturated carbocycles. The number of nitrogens with one attached hydrogen (secondary N) is 2. The van der Waals surface area contributed by atoms with Crippen molar-refractivity contribution >= 4 is 22.8 Å². The summed E-state index contributed by atoms with van der Waals surface area (Å²) in [6.07, 6.45) is 9.80. The minimum absolute atomic E-state index is 0.668. The number of fused-ring (bicyclic) bond motifs is 1. The van der Waals surface area contributed by atoms with Crippen molar-refractivity contribution in [3.05, 3.63) is 58.9 Å². The number of pyridine rings is 1. The topological polar surface area (TPSA) is 58.0 Å². The molecule has 5 nitrogen and oxygen atoms in total. The molecule has 3 heterocycles. The molecule has 0 amide bonds. The smallest absolute Gasteiger partial charge is 0.0996 e. The molecule has 0 aliphatic heterocycles. The minimum atomic E-state index is 0.668. The van der Waals surface area contributed by atoms with E-state index in [9.17, 15) is 0 Å². The molecular formula is C15H14ClN5. The highest BCUT2D eigenvalue weighted by molar-refractivity contribution is 6.30. The van der Waals surface area contributed by atoms with Gasteiger partial charge < -0.3 is 9.72 Å². The third-order valence-electron chi connectivity index (χ3n) is 3.65. The van der Waals surface area contributed by atoms with E-state index in [-0.39, 0.29) is 0 Å². The molecule has 2 N–H and O–H groups in total. The first-order valence-corrected chi connectivity index (χ1v) is 7.25. The molecule has 0 bridgehead atoms. The number of aromatic nitrogens is 4. The lowest BCUT2D eigenvalue weighted by atomic mass is 10.2. The standard InChI is InChI=1S/C15H14ClN5/c16-12-3-4-21-9-18-13(14(21)5-12)8-17-15(10-1-2-10)11-6-19-20-7-11/h3-7,9,17H,1-2,8H2,(H,19,20). The number of rotatable bonds is 4. The first kappa shape index (κ1) is 12.5. The Kier molecular flexibility index (Phi) is 2.93. The van der Waals surface area contributed by atoms with Crippen LogP contribution in [0.5, 0.6) is 0 Å². The Hall–Kier alpha value is -2.27. The van der Waals surface area contributed by atoms with Gasteiger partial charge in [-0.15, -0.1) is 0 Å². The number of halogens is 1. The average Bonchev–Trinajstić information content (AvgIpc) is 3.02. The lowest BCUT2D eigenvalue weighted by molar-refractivity contribution is 0.866. The number of H-pyrrole nitrogens is 1. The Bertz CT molecular complexity index is 810. The van der Waals surface area contributed by atoms with Crippen molar-refractivity contribution < 1.29 is 0 Å². The third-order valence-corrected chi connectivity index (χ3v) is 3.89. The van der Waals surface area contributed by atoms with Crippen molar-refractivity contribution in [1.82, 2.24) is 24.9 Å². The summed E-state index contributed by atoms with van der Waals surface area (Å²) in [7, 11) is 0. The molecule has 6 heteroatoms. The monoisotopic (exact) mass is 299 g/mol. The molecule has 3 aromatic rings. The van der Waals surface area contributed by atoms with Gasteiger partial charge in [0.25, 0.3) is 0 Å². The van der Waals surface area contributed by atoms with Gasteiger partial charge in [0, 0.05) is 28.7 Å². The van der Waals surface area contributed by atoms with Crippen LogP contribution in [-0.2, 0) is 6.54 Å². The van der Waals surface area contributed by atoms with Crippen LogP contribution < -0.4 is 5.32 Å². The summed E-state index contributed by atoms with van der Waals surface area (Å²) in [4.78, 5) is 4.47. The molecule has 0 spiro atoms. The van der Waals surface area contributed by atoms with E-state index in [1.165, 1.54) is 11.3 Å². The van der Waals surface area contributed by atoms with E-state index in [1.807, 2.05) is 41.5 Å². The highest BCUT2D eigenvalue weighted by Crippen LogP contribution is 2.34. The summed E-state index contributed by atoms with van der Waals surface area (Å²) in [6, 6.07) is 3.80. The van der Waals surface area contributed by atoms with Crippen LogP contribution in [0.3, 0.4) is 0 Å². The van der Waals surface area contributed by atoms with Crippen LogP contribution in [0.1, 0.15) is 24.1 Å². The highest BCUT2D eigenvalue weighted by atomic mass is 35.5. The van der Waals surface area contributed by atoms with Crippen LogP contribution >= 0.6 is 11.6 Å². The fourth-order valence-electron chi connectivity index (χ4n) is 2.46. The van der Waals surface area contributed by atoms with E-state index in [1.54, 1.807) is 0 Å². The summed E-state index contributed by atoms with van der Waals surface area (Å²) in [5.74, 6) is 0. The predicted octanol–water partition coefficient (Wildman–Crippen LogP) is 3.01. The van der Waals surface area contributed by atoms with Gasteiger partial charge in [-0.05, 0) is 30.5 Å². The summed E-state index contributed by atoms with van der Waals surface area (Å²) in [5.41, 5.74) is 5.73. The van der Waals surface area contributed by atoms with Crippen LogP contribution in [0.4, 0.5) is 0 Å². The summed E-state index contributed by atoms with van der Waals surface area (Å²) < 4.78 is 1.98. The van der Waals surface area contributed by atoms with Crippen molar-refractivity contribution in [3.8, 4) is 0 Å². The molecule has 106 valence electrons. The molecule has 0 saturated heterocycles. The first-order valence-electron chi connectivity index (χ1n) is 6.87.